The highest BCUT2D eigenvalue weighted by molar-refractivity contribution is 5.83. The highest BCUT2D eigenvalue weighted by Gasteiger charge is 2.62. The van der Waals surface area contributed by atoms with Gasteiger partial charge in [-0.05, 0) is 91.0 Å². The Morgan fingerprint density at radius 1 is 0.941 bits per heavy atom. The maximum absolute atomic E-state index is 15.0. The smallest absolute Gasteiger partial charge is 0.160 e. The number of aliphatic hydroxyl groups is 1. The van der Waals surface area contributed by atoms with Crippen molar-refractivity contribution in [2.45, 2.75) is 101 Å². The number of carbonyl (C=O) groups excluding carboxylic acids is 1. The number of benzene rings is 3. The Hall–Kier alpha value is -3.99. The van der Waals surface area contributed by atoms with Crippen molar-refractivity contribution >= 4 is 5.78 Å². The van der Waals surface area contributed by atoms with Crippen molar-refractivity contribution < 1.29 is 30.0 Å². The summed E-state index contributed by atoms with van der Waals surface area (Å²) in [5.74, 6) is 6.32. The van der Waals surface area contributed by atoms with E-state index in [1.54, 1.807) is 18.2 Å². The summed E-state index contributed by atoms with van der Waals surface area (Å²) in [5, 5.41) is 49.0. The van der Waals surface area contributed by atoms with Crippen LogP contribution in [0, 0.1) is 41.4 Å². The number of Topliss-reactive ketones (excluding diaryl/α,β-unsaturated/α-hetero) is 1. The minimum atomic E-state index is -0.929. The molecule has 1 heterocycles. The Balaban J connectivity index is 1.42. The second kappa shape index (κ2) is 14.9. The van der Waals surface area contributed by atoms with E-state index in [1.807, 2.05) is 30.3 Å². The molecule has 9 atom stereocenters. The van der Waals surface area contributed by atoms with Crippen LogP contribution in [-0.4, -0.2) is 52.0 Å². The largest absolute Gasteiger partial charge is 0.504 e. The van der Waals surface area contributed by atoms with E-state index in [9.17, 15) is 25.2 Å². The van der Waals surface area contributed by atoms with Crippen molar-refractivity contribution in [2.75, 3.05) is 13.7 Å². The van der Waals surface area contributed by atoms with Crippen molar-refractivity contribution in [3.05, 3.63) is 82.9 Å². The van der Waals surface area contributed by atoms with E-state index in [-0.39, 0.29) is 65.1 Å². The fourth-order valence-corrected chi connectivity index (χ4v) is 10.6. The SMILES string of the molecule is CCCCC[C@@H]1C(=O)C[C@@H](c2ccc(O)c(OC)c2)[C@@H](Cc2ccccc2)C#C[C@@H]2CN[C@@H]3CCC[C@H]4CCc5cc(O)c(O)cc5[C@]43[C@@H]2[C@H]1O. The Morgan fingerprint density at radius 2 is 1.75 bits per heavy atom. The average Bonchev–Trinajstić information content (AvgIpc) is 3.14. The van der Waals surface area contributed by atoms with E-state index in [0.29, 0.717) is 25.1 Å². The first-order valence-corrected chi connectivity index (χ1v) is 19.2. The molecule has 5 N–H and O–H groups in total. The van der Waals surface area contributed by atoms with Crippen LogP contribution in [0.3, 0.4) is 0 Å². The molecule has 1 saturated heterocycles. The van der Waals surface area contributed by atoms with Crippen molar-refractivity contribution in [1.82, 2.24) is 5.32 Å². The van der Waals surface area contributed by atoms with Crippen LogP contribution in [0.2, 0.25) is 0 Å². The zero-order chi connectivity index (χ0) is 35.7. The number of rotatable bonds is 8. The van der Waals surface area contributed by atoms with Crippen LogP contribution in [0.5, 0.6) is 23.0 Å². The van der Waals surface area contributed by atoms with E-state index in [4.69, 9.17) is 4.74 Å². The first kappa shape index (κ1) is 35.4. The van der Waals surface area contributed by atoms with Crippen molar-refractivity contribution in [3.8, 4) is 34.8 Å². The van der Waals surface area contributed by atoms with E-state index < -0.39 is 17.4 Å². The number of ketones is 1. The summed E-state index contributed by atoms with van der Waals surface area (Å²) in [6.45, 7) is 2.77. The Kier molecular flexibility index (Phi) is 10.4. The van der Waals surface area contributed by atoms with E-state index in [0.717, 1.165) is 73.6 Å². The van der Waals surface area contributed by atoms with Gasteiger partial charge in [-0.1, -0.05) is 80.8 Å². The van der Waals surface area contributed by atoms with Crippen LogP contribution >= 0.6 is 0 Å². The van der Waals surface area contributed by atoms with Crippen molar-refractivity contribution in [3.63, 3.8) is 0 Å². The summed E-state index contributed by atoms with van der Waals surface area (Å²) in [7, 11) is 1.53. The number of fused-ring (bicyclic) bond motifs is 2. The zero-order valence-electron chi connectivity index (χ0n) is 30.0. The quantitative estimate of drug-likeness (QED) is 0.0965. The number of nitrogens with one attached hydrogen (secondary N) is 1. The molecule has 2 fully saturated rings. The number of aryl methyl sites for hydroxylation is 1. The van der Waals surface area contributed by atoms with Gasteiger partial charge in [-0.15, -0.1) is 0 Å². The number of aliphatic hydroxyl groups excluding tert-OH is 1. The predicted molar refractivity (Wildman–Crippen MR) is 198 cm³/mol. The number of hydrogen-bond acceptors (Lipinski definition) is 7. The van der Waals surface area contributed by atoms with Gasteiger partial charge in [0.2, 0.25) is 0 Å². The number of unbranched alkanes of at least 4 members (excludes halogenated alkanes) is 2. The highest BCUT2D eigenvalue weighted by atomic mass is 16.5. The highest BCUT2D eigenvalue weighted by Crippen LogP contribution is 2.60. The van der Waals surface area contributed by atoms with Crippen LogP contribution in [0.1, 0.15) is 92.9 Å². The summed E-state index contributed by atoms with van der Waals surface area (Å²) >= 11 is 0. The van der Waals surface area contributed by atoms with E-state index in [2.05, 4.69) is 36.2 Å². The first-order valence-electron chi connectivity index (χ1n) is 19.2. The lowest BCUT2D eigenvalue weighted by Gasteiger charge is -2.62. The van der Waals surface area contributed by atoms with Crippen LogP contribution in [0.4, 0.5) is 0 Å². The van der Waals surface area contributed by atoms with Gasteiger partial charge < -0.3 is 30.5 Å². The van der Waals surface area contributed by atoms with Crippen LogP contribution in [0.25, 0.3) is 0 Å². The summed E-state index contributed by atoms with van der Waals surface area (Å²) in [6, 6.07) is 19.2. The molecule has 0 amide bonds. The van der Waals surface area contributed by atoms with Crippen molar-refractivity contribution in [1.29, 1.82) is 0 Å². The molecule has 4 aliphatic rings. The standard InChI is InChI=1S/C44H53NO6/c1-3-4-6-13-33-37(47)24-34(29-18-20-36(46)40(23-29)51-2)28(21-27-10-7-5-8-11-27)15-16-31-26-45-41-14-9-12-32-19-17-30-22-38(48)39(49)25-35(30)44(32,41)42(31)43(33)50/h5,7-8,10-11,18,20,22-23,25,28,31-34,41-43,45-46,48-50H,3-4,6,9,12-14,17,19,21,24,26H2,1-2H3/t28-,31-,32+,33-,34-,41-,42+,43+,44-/m1/s1. The van der Waals surface area contributed by atoms with Gasteiger partial charge in [0.25, 0.3) is 0 Å². The second-order valence-corrected chi connectivity index (χ2v) is 15.6. The normalized spacial score (nSPS) is 31.5. The van der Waals surface area contributed by atoms with Crippen LogP contribution in [0.15, 0.2) is 60.7 Å². The molecule has 3 aromatic carbocycles. The lowest BCUT2D eigenvalue weighted by molar-refractivity contribution is -0.135. The molecular weight excluding hydrogens is 638 g/mol. The van der Waals surface area contributed by atoms with E-state index in [1.165, 1.54) is 7.11 Å². The molecule has 0 bridgehead atoms. The lowest BCUT2D eigenvalue weighted by Crippen LogP contribution is -2.69. The predicted octanol–water partition coefficient (Wildman–Crippen LogP) is 7.18. The molecule has 7 heteroatoms. The third-order valence-corrected chi connectivity index (χ3v) is 12.9. The van der Waals surface area contributed by atoms with Crippen LogP contribution in [-0.2, 0) is 23.1 Å². The minimum Gasteiger partial charge on any atom is -0.504 e. The molecule has 0 aromatic heterocycles. The molecule has 1 spiro atoms. The molecule has 3 aromatic rings. The zero-order valence-corrected chi connectivity index (χ0v) is 30.0. The number of ether oxygens (including phenoxy) is 1. The van der Waals surface area contributed by atoms with Crippen molar-refractivity contribution in [2.24, 2.45) is 29.6 Å². The number of piperidine rings is 1. The van der Waals surface area contributed by atoms with Gasteiger partial charge in [-0.25, -0.2) is 0 Å². The third-order valence-electron chi connectivity index (χ3n) is 12.9. The Morgan fingerprint density at radius 3 is 2.53 bits per heavy atom. The molecule has 1 saturated carbocycles. The van der Waals surface area contributed by atoms with Gasteiger partial charge >= 0.3 is 0 Å². The lowest BCUT2D eigenvalue weighted by atomic mass is 9.45. The summed E-state index contributed by atoms with van der Waals surface area (Å²) in [5.41, 5.74) is 3.50. The molecule has 1 aliphatic heterocycles. The maximum Gasteiger partial charge on any atom is 0.160 e. The molecule has 0 unspecified atom stereocenters. The summed E-state index contributed by atoms with van der Waals surface area (Å²) in [6.07, 6.45) is 8.14. The molecule has 3 aliphatic carbocycles. The fourth-order valence-electron chi connectivity index (χ4n) is 10.6. The van der Waals surface area contributed by atoms with Gasteiger partial charge in [0.05, 0.1) is 13.2 Å². The number of aromatic hydroxyl groups is 3. The van der Waals surface area contributed by atoms with Gasteiger partial charge in [-0.2, -0.15) is 0 Å². The molecule has 270 valence electrons. The number of phenolic OH excluding ortho intramolecular Hbond substituents is 3. The minimum absolute atomic E-state index is 0.0464. The van der Waals surface area contributed by atoms with Gasteiger partial charge in [0.1, 0.15) is 5.78 Å². The number of methoxy groups -OCH3 is 1. The van der Waals surface area contributed by atoms with Gasteiger partial charge in [-0.3, -0.25) is 4.79 Å². The van der Waals surface area contributed by atoms with Gasteiger partial charge in [0, 0.05) is 54.0 Å². The number of phenols is 3. The third kappa shape index (κ3) is 6.51. The average molecular weight is 692 g/mol. The van der Waals surface area contributed by atoms with Crippen LogP contribution < -0.4 is 10.1 Å². The molecule has 7 nitrogen and oxygen atoms in total. The number of carbonyl (C=O) groups is 1. The van der Waals surface area contributed by atoms with E-state index >= 15 is 0 Å². The summed E-state index contributed by atoms with van der Waals surface area (Å²) < 4.78 is 5.52. The molecule has 7 rings (SSSR count). The Bertz CT molecular complexity index is 1780. The first-order chi connectivity index (χ1) is 24.8. The maximum atomic E-state index is 15.0. The van der Waals surface area contributed by atoms with Gasteiger partial charge in [0.15, 0.2) is 23.0 Å². The topological polar surface area (TPSA) is 119 Å². The molecular formula is C44H53NO6. The molecule has 0 radical (unpaired) electrons. The number of hydrogen-bond donors (Lipinski definition) is 5. The fraction of sp³-hybridized carbons (Fsp3) is 0.523. The molecule has 51 heavy (non-hydrogen) atoms. The second-order valence-electron chi connectivity index (χ2n) is 15.6. The Labute approximate surface area is 302 Å². The summed E-state index contributed by atoms with van der Waals surface area (Å²) in [4.78, 5) is 15.0. The monoisotopic (exact) mass is 691 g/mol.